The Hall–Kier alpha value is -3.40. The summed E-state index contributed by atoms with van der Waals surface area (Å²) in [6, 6.07) is 9.03. The van der Waals surface area contributed by atoms with Gasteiger partial charge in [-0.05, 0) is 36.2 Å². The van der Waals surface area contributed by atoms with E-state index in [4.69, 9.17) is 9.47 Å². The summed E-state index contributed by atoms with van der Waals surface area (Å²) in [5, 5.41) is 3.39. The van der Waals surface area contributed by atoms with Crippen LogP contribution in [0.15, 0.2) is 30.3 Å². The van der Waals surface area contributed by atoms with Crippen LogP contribution < -0.4 is 19.7 Å². The zero-order valence-electron chi connectivity index (χ0n) is 18.0. The van der Waals surface area contributed by atoms with Crippen LogP contribution in [0.5, 0.6) is 11.6 Å². The molecule has 2 aliphatic heterocycles. The number of likely N-dealkylation sites (tertiary alicyclic amines) is 1. The number of benzene rings is 1. The number of pyridine rings is 1. The summed E-state index contributed by atoms with van der Waals surface area (Å²) >= 11 is 1.30. The highest BCUT2D eigenvalue weighted by molar-refractivity contribution is 7.22. The summed E-state index contributed by atoms with van der Waals surface area (Å²) < 4.78 is 10.6. The minimum absolute atomic E-state index is 0.0478. The Labute approximate surface area is 189 Å². The zero-order valence-corrected chi connectivity index (χ0v) is 18.9. The Morgan fingerprint density at radius 1 is 1.12 bits per heavy atom. The van der Waals surface area contributed by atoms with Gasteiger partial charge < -0.3 is 14.4 Å². The molecule has 1 fully saturated rings. The van der Waals surface area contributed by atoms with E-state index in [1.54, 1.807) is 32.1 Å². The van der Waals surface area contributed by atoms with E-state index in [0.29, 0.717) is 41.0 Å². The third kappa shape index (κ3) is 3.31. The smallest absolute Gasteiger partial charge is 0.328 e. The average molecular weight is 454 g/mol. The lowest BCUT2D eigenvalue weighted by atomic mass is 9.81. The summed E-state index contributed by atoms with van der Waals surface area (Å²) in [5.74, 6) is 1.28. The number of methoxy groups -OCH3 is 2. The van der Waals surface area contributed by atoms with Crippen molar-refractivity contribution in [1.82, 2.24) is 14.9 Å². The van der Waals surface area contributed by atoms with E-state index in [9.17, 15) is 9.59 Å². The van der Waals surface area contributed by atoms with Crippen molar-refractivity contribution < 1.29 is 19.1 Å². The molecule has 0 saturated carbocycles. The van der Waals surface area contributed by atoms with Gasteiger partial charge in [-0.1, -0.05) is 11.3 Å². The lowest BCUT2D eigenvalue weighted by Crippen LogP contribution is -2.41. The second kappa shape index (κ2) is 7.63. The van der Waals surface area contributed by atoms with Crippen LogP contribution in [0.4, 0.5) is 15.6 Å². The van der Waals surface area contributed by atoms with E-state index in [1.165, 1.54) is 11.3 Å². The molecule has 1 spiro atoms. The van der Waals surface area contributed by atoms with Crippen LogP contribution in [0, 0.1) is 0 Å². The summed E-state index contributed by atoms with van der Waals surface area (Å²) in [7, 11) is 3.18. The van der Waals surface area contributed by atoms with Gasteiger partial charge in [0, 0.05) is 43.7 Å². The van der Waals surface area contributed by atoms with Gasteiger partial charge in [-0.2, -0.15) is 0 Å². The molecular formula is C22H23N5O4S. The molecule has 9 nitrogen and oxygen atoms in total. The number of hydrogen-bond acceptors (Lipinski definition) is 7. The number of rotatable bonds is 3. The maximum Gasteiger partial charge on any atom is 0.328 e. The standard InChI is InChI=1S/C22H23N5O4S/c1-13(28)26-9-8-22(11-26)12-27(17-6-4-14(30-2)10-15(17)22)21(29)25-20-23-16-5-7-18(31-3)24-19(16)32-20/h4-7,10H,8-9,11-12H2,1-3H3,(H,23,25,29). The number of anilines is 2. The molecule has 166 valence electrons. The number of carbonyl (C=O) groups excluding carboxylic acids is 2. The molecule has 1 unspecified atom stereocenters. The monoisotopic (exact) mass is 453 g/mol. The van der Waals surface area contributed by atoms with Gasteiger partial charge in [0.2, 0.25) is 11.8 Å². The first-order valence-corrected chi connectivity index (χ1v) is 11.1. The number of hydrogen-bond donors (Lipinski definition) is 1. The normalized spacial score (nSPS) is 19.5. The molecule has 10 heteroatoms. The molecule has 0 aliphatic carbocycles. The first kappa shape index (κ1) is 20.5. The Balaban J connectivity index is 1.45. The minimum atomic E-state index is -0.310. The molecule has 0 radical (unpaired) electrons. The molecule has 1 aromatic carbocycles. The maximum absolute atomic E-state index is 13.3. The first-order chi connectivity index (χ1) is 15.4. The fourth-order valence-corrected chi connectivity index (χ4v) is 5.39. The molecule has 2 aromatic heterocycles. The highest BCUT2D eigenvalue weighted by Gasteiger charge is 2.49. The van der Waals surface area contributed by atoms with Crippen LogP contribution >= 0.6 is 11.3 Å². The van der Waals surface area contributed by atoms with Gasteiger partial charge in [0.05, 0.1) is 14.2 Å². The van der Waals surface area contributed by atoms with Crippen molar-refractivity contribution in [3.8, 4) is 11.6 Å². The molecule has 5 rings (SSSR count). The fourth-order valence-electron chi connectivity index (χ4n) is 4.57. The number of nitrogens with one attached hydrogen (secondary N) is 1. The van der Waals surface area contributed by atoms with Gasteiger partial charge in [0.25, 0.3) is 0 Å². The number of thiazole rings is 1. The van der Waals surface area contributed by atoms with Crippen LogP contribution in [0.25, 0.3) is 10.3 Å². The first-order valence-electron chi connectivity index (χ1n) is 10.3. The van der Waals surface area contributed by atoms with Crippen LogP contribution in [0.2, 0.25) is 0 Å². The van der Waals surface area contributed by atoms with E-state index in [1.807, 2.05) is 29.2 Å². The average Bonchev–Trinajstić information content (AvgIpc) is 3.49. The Bertz CT molecular complexity index is 1230. The molecule has 32 heavy (non-hydrogen) atoms. The van der Waals surface area contributed by atoms with Crippen LogP contribution in [0.3, 0.4) is 0 Å². The second-order valence-electron chi connectivity index (χ2n) is 8.07. The molecule has 0 bridgehead atoms. The zero-order chi connectivity index (χ0) is 22.5. The topological polar surface area (TPSA) is 96.9 Å². The van der Waals surface area contributed by atoms with E-state index in [0.717, 1.165) is 23.4 Å². The molecule has 1 atom stereocenters. The predicted molar refractivity (Wildman–Crippen MR) is 122 cm³/mol. The van der Waals surface area contributed by atoms with E-state index >= 15 is 0 Å². The molecule has 2 aliphatic rings. The molecule has 1 saturated heterocycles. The minimum Gasteiger partial charge on any atom is -0.497 e. The molecule has 4 heterocycles. The van der Waals surface area contributed by atoms with Gasteiger partial charge in [-0.25, -0.2) is 14.8 Å². The van der Waals surface area contributed by atoms with Crippen LogP contribution in [-0.2, 0) is 10.2 Å². The summed E-state index contributed by atoms with van der Waals surface area (Å²) in [5.41, 5.74) is 2.25. The number of amides is 3. The van der Waals surface area contributed by atoms with E-state index in [2.05, 4.69) is 15.3 Å². The lowest BCUT2D eigenvalue weighted by molar-refractivity contribution is -0.127. The fraction of sp³-hybridized carbons (Fsp3) is 0.364. The Kier molecular flexibility index (Phi) is 4.89. The number of nitrogens with zero attached hydrogens (tertiary/aromatic N) is 4. The van der Waals surface area contributed by atoms with Crippen molar-refractivity contribution in [3.63, 3.8) is 0 Å². The van der Waals surface area contributed by atoms with Crippen LogP contribution in [-0.4, -0.2) is 60.7 Å². The van der Waals surface area contributed by atoms with Crippen molar-refractivity contribution in [1.29, 1.82) is 0 Å². The number of carbonyl (C=O) groups is 2. The van der Waals surface area contributed by atoms with Crippen molar-refractivity contribution in [2.24, 2.45) is 0 Å². The quantitative estimate of drug-likeness (QED) is 0.654. The number of fused-ring (bicyclic) bond motifs is 3. The molecular weight excluding hydrogens is 430 g/mol. The van der Waals surface area contributed by atoms with Crippen molar-refractivity contribution >= 4 is 44.4 Å². The maximum atomic E-state index is 13.3. The Morgan fingerprint density at radius 2 is 1.97 bits per heavy atom. The largest absolute Gasteiger partial charge is 0.497 e. The molecule has 1 N–H and O–H groups in total. The second-order valence-corrected chi connectivity index (χ2v) is 9.04. The number of ether oxygens (including phenoxy) is 2. The highest BCUT2D eigenvalue weighted by atomic mass is 32.1. The van der Waals surface area contributed by atoms with Gasteiger partial charge in [-0.15, -0.1) is 0 Å². The predicted octanol–water partition coefficient (Wildman–Crippen LogP) is 3.25. The summed E-state index contributed by atoms with van der Waals surface area (Å²) in [6.07, 6.45) is 0.793. The highest BCUT2D eigenvalue weighted by Crippen LogP contribution is 2.48. The third-order valence-corrected chi connectivity index (χ3v) is 7.10. The van der Waals surface area contributed by atoms with Gasteiger partial charge in [-0.3, -0.25) is 15.0 Å². The lowest BCUT2D eigenvalue weighted by Gasteiger charge is -2.25. The Morgan fingerprint density at radius 3 is 2.69 bits per heavy atom. The number of urea groups is 1. The third-order valence-electron chi connectivity index (χ3n) is 6.22. The molecule has 3 amide bonds. The van der Waals surface area contributed by atoms with E-state index in [-0.39, 0.29) is 17.4 Å². The van der Waals surface area contributed by atoms with E-state index < -0.39 is 0 Å². The molecule has 3 aromatic rings. The SMILES string of the molecule is COc1ccc2c(c1)C1(CCN(C(C)=O)C1)CN2C(=O)Nc1nc2ccc(OC)nc2s1. The van der Waals surface area contributed by atoms with Crippen molar-refractivity contribution in [3.05, 3.63) is 35.9 Å². The van der Waals surface area contributed by atoms with Crippen LogP contribution in [0.1, 0.15) is 18.9 Å². The van der Waals surface area contributed by atoms with Crippen molar-refractivity contribution in [2.45, 2.75) is 18.8 Å². The van der Waals surface area contributed by atoms with Gasteiger partial charge >= 0.3 is 6.03 Å². The summed E-state index contributed by atoms with van der Waals surface area (Å²) in [6.45, 7) is 3.33. The van der Waals surface area contributed by atoms with Gasteiger partial charge in [0.1, 0.15) is 16.1 Å². The van der Waals surface area contributed by atoms with Crippen molar-refractivity contribution in [2.75, 3.05) is 44.1 Å². The van der Waals surface area contributed by atoms with Gasteiger partial charge in [0.15, 0.2) is 5.13 Å². The summed E-state index contributed by atoms with van der Waals surface area (Å²) in [4.78, 5) is 38.4. The number of aromatic nitrogens is 2.